The largest absolute Gasteiger partial charge is 0.349 e. The zero-order valence-corrected chi connectivity index (χ0v) is 16.9. The van der Waals surface area contributed by atoms with Gasteiger partial charge in [0.15, 0.2) is 5.82 Å². The smallest absolute Gasteiger partial charge is 0.293 e. The molecule has 0 atom stereocenters. The lowest BCUT2D eigenvalue weighted by atomic mass is 10.2. The highest BCUT2D eigenvalue weighted by atomic mass is 32.2. The van der Waals surface area contributed by atoms with Gasteiger partial charge >= 0.3 is 0 Å². The number of aromatic nitrogens is 3. The fourth-order valence-electron chi connectivity index (χ4n) is 3.43. The lowest BCUT2D eigenvalue weighted by molar-refractivity contribution is 0.383. The van der Waals surface area contributed by atoms with E-state index in [1.165, 1.54) is 27.9 Å². The highest BCUT2D eigenvalue weighted by Crippen LogP contribution is 2.21. The summed E-state index contributed by atoms with van der Waals surface area (Å²) < 4.78 is 42.1. The van der Waals surface area contributed by atoms with Crippen molar-refractivity contribution in [2.24, 2.45) is 7.05 Å². The molecule has 1 aliphatic rings. The Labute approximate surface area is 167 Å². The van der Waals surface area contributed by atoms with Gasteiger partial charge in [0.05, 0.1) is 22.1 Å². The summed E-state index contributed by atoms with van der Waals surface area (Å²) in [5.74, 6) is -0.150. The topological polar surface area (TPSA) is 88.4 Å². The zero-order valence-electron chi connectivity index (χ0n) is 16.0. The molecule has 0 N–H and O–H groups in total. The number of hydrogen-bond acceptors (Lipinski definition) is 6. The van der Waals surface area contributed by atoms with Crippen LogP contribution in [-0.4, -0.2) is 53.4 Å². The van der Waals surface area contributed by atoms with Gasteiger partial charge in [-0.05, 0) is 36.8 Å². The van der Waals surface area contributed by atoms with Gasteiger partial charge in [-0.15, -0.1) is 0 Å². The predicted molar refractivity (Wildman–Crippen MR) is 107 cm³/mol. The first-order valence-corrected chi connectivity index (χ1v) is 10.5. The minimum absolute atomic E-state index is 0.0668. The van der Waals surface area contributed by atoms with E-state index in [0.717, 1.165) is 6.07 Å². The quantitative estimate of drug-likeness (QED) is 0.638. The molecule has 0 radical (unpaired) electrons. The maximum Gasteiger partial charge on any atom is 0.293 e. The molecule has 3 heterocycles. The van der Waals surface area contributed by atoms with E-state index in [4.69, 9.17) is 0 Å². The summed E-state index contributed by atoms with van der Waals surface area (Å²) in [5, 5.41) is 0. The third-order valence-corrected chi connectivity index (χ3v) is 7.06. The molecule has 29 heavy (non-hydrogen) atoms. The minimum Gasteiger partial charge on any atom is -0.349 e. The van der Waals surface area contributed by atoms with Crippen molar-refractivity contribution in [3.63, 3.8) is 0 Å². The molecule has 0 spiro atoms. The number of piperazine rings is 1. The average Bonchev–Trinajstić information content (AvgIpc) is 2.72. The van der Waals surface area contributed by atoms with Gasteiger partial charge in [0.25, 0.3) is 5.56 Å². The number of sulfonamides is 1. The molecule has 0 amide bonds. The molecule has 2 aromatic heterocycles. The number of benzene rings is 1. The molecule has 1 saturated heterocycles. The molecule has 10 heteroatoms. The van der Waals surface area contributed by atoms with Crippen LogP contribution in [0.2, 0.25) is 0 Å². The van der Waals surface area contributed by atoms with Gasteiger partial charge in [0, 0.05) is 39.4 Å². The Hall–Kier alpha value is -2.85. The van der Waals surface area contributed by atoms with Crippen LogP contribution in [0.15, 0.2) is 46.3 Å². The monoisotopic (exact) mass is 417 g/mol. The second-order valence-electron chi connectivity index (χ2n) is 6.97. The summed E-state index contributed by atoms with van der Waals surface area (Å²) in [4.78, 5) is 23.1. The van der Waals surface area contributed by atoms with Crippen molar-refractivity contribution >= 4 is 26.9 Å². The Balaban J connectivity index is 1.58. The normalized spacial score (nSPS) is 15.8. The molecule has 8 nitrogen and oxygen atoms in total. The number of halogens is 1. The van der Waals surface area contributed by atoms with E-state index in [-0.39, 0.29) is 29.1 Å². The fourth-order valence-corrected chi connectivity index (χ4v) is 4.93. The van der Waals surface area contributed by atoms with Crippen LogP contribution in [-0.2, 0) is 17.1 Å². The van der Waals surface area contributed by atoms with Gasteiger partial charge in [-0.3, -0.25) is 9.78 Å². The predicted octanol–water partition coefficient (Wildman–Crippen LogP) is 1.29. The van der Waals surface area contributed by atoms with E-state index in [0.29, 0.717) is 29.9 Å². The highest BCUT2D eigenvalue weighted by Gasteiger charge is 2.30. The van der Waals surface area contributed by atoms with Crippen molar-refractivity contribution in [2.75, 3.05) is 31.1 Å². The van der Waals surface area contributed by atoms with E-state index in [1.807, 2.05) is 0 Å². The molecule has 0 bridgehead atoms. The number of rotatable bonds is 3. The second kappa shape index (κ2) is 7.20. The first-order valence-electron chi connectivity index (χ1n) is 9.11. The molecule has 1 fully saturated rings. The molecule has 0 saturated carbocycles. The van der Waals surface area contributed by atoms with E-state index in [2.05, 4.69) is 9.97 Å². The molecule has 1 aliphatic heterocycles. The Bertz CT molecular complexity index is 1250. The van der Waals surface area contributed by atoms with Crippen molar-refractivity contribution in [3.8, 4) is 0 Å². The second-order valence-corrected chi connectivity index (χ2v) is 8.90. The first kappa shape index (κ1) is 19.5. The molecular formula is C19H20FN5O3S. The van der Waals surface area contributed by atoms with Gasteiger partial charge in [-0.25, -0.2) is 17.8 Å². The highest BCUT2D eigenvalue weighted by molar-refractivity contribution is 7.89. The van der Waals surface area contributed by atoms with E-state index in [1.54, 1.807) is 30.4 Å². The number of fused-ring (bicyclic) bond motifs is 1. The van der Waals surface area contributed by atoms with Crippen LogP contribution in [0, 0.1) is 12.7 Å². The van der Waals surface area contributed by atoms with Crippen molar-refractivity contribution in [1.29, 1.82) is 0 Å². The van der Waals surface area contributed by atoms with Crippen molar-refractivity contribution in [3.05, 3.63) is 58.4 Å². The number of anilines is 1. The van der Waals surface area contributed by atoms with Crippen LogP contribution < -0.4 is 10.5 Å². The maximum atomic E-state index is 13.5. The maximum absolute atomic E-state index is 13.5. The molecule has 4 rings (SSSR count). The summed E-state index contributed by atoms with van der Waals surface area (Å²) in [6.07, 6.45) is 3.20. The van der Waals surface area contributed by atoms with Crippen LogP contribution in [0.1, 0.15) is 5.56 Å². The van der Waals surface area contributed by atoms with Gasteiger partial charge in [0.2, 0.25) is 10.0 Å². The summed E-state index contributed by atoms with van der Waals surface area (Å²) in [7, 11) is -2.07. The van der Waals surface area contributed by atoms with Gasteiger partial charge in [-0.2, -0.15) is 4.31 Å². The third-order valence-electron chi connectivity index (χ3n) is 5.17. The van der Waals surface area contributed by atoms with Gasteiger partial charge in [-0.1, -0.05) is 0 Å². The molecule has 0 unspecified atom stereocenters. The summed E-state index contributed by atoms with van der Waals surface area (Å²) in [6, 6.07) is 5.51. The number of nitrogens with zero attached hydrogens (tertiary/aromatic N) is 5. The van der Waals surface area contributed by atoms with E-state index >= 15 is 0 Å². The fraction of sp³-hybridized carbons (Fsp3) is 0.316. The van der Waals surface area contributed by atoms with Gasteiger partial charge < -0.3 is 9.47 Å². The van der Waals surface area contributed by atoms with E-state index < -0.39 is 15.8 Å². The zero-order chi connectivity index (χ0) is 20.8. The Morgan fingerprint density at radius 3 is 2.52 bits per heavy atom. The Morgan fingerprint density at radius 1 is 1.10 bits per heavy atom. The summed E-state index contributed by atoms with van der Waals surface area (Å²) in [5.41, 5.74) is 1.31. The van der Waals surface area contributed by atoms with Crippen LogP contribution in [0.25, 0.3) is 11.0 Å². The first-order chi connectivity index (χ1) is 13.8. The van der Waals surface area contributed by atoms with Crippen molar-refractivity contribution in [1.82, 2.24) is 18.8 Å². The molecule has 152 valence electrons. The number of aryl methyl sites for hydroxylation is 2. The molecule has 3 aromatic rings. The van der Waals surface area contributed by atoms with Crippen molar-refractivity contribution < 1.29 is 12.8 Å². The summed E-state index contributed by atoms with van der Waals surface area (Å²) in [6.45, 7) is 2.61. The number of pyridine rings is 1. The molecule has 0 aliphatic carbocycles. The lowest BCUT2D eigenvalue weighted by Crippen LogP contribution is -2.50. The SMILES string of the molecule is Cc1cc(S(=O)(=O)N2CCN(c3nc4ccncc4n(C)c3=O)CC2)ccc1F. The Morgan fingerprint density at radius 2 is 1.83 bits per heavy atom. The Kier molecular flexibility index (Phi) is 4.83. The molecule has 1 aromatic carbocycles. The van der Waals surface area contributed by atoms with Crippen LogP contribution in [0.3, 0.4) is 0 Å². The lowest BCUT2D eigenvalue weighted by Gasteiger charge is -2.34. The average molecular weight is 417 g/mol. The van der Waals surface area contributed by atoms with Crippen LogP contribution in [0.4, 0.5) is 10.2 Å². The van der Waals surface area contributed by atoms with Crippen LogP contribution >= 0.6 is 0 Å². The van der Waals surface area contributed by atoms with Gasteiger partial charge in [0.1, 0.15) is 5.82 Å². The standard InChI is InChI=1S/C19H20FN5O3S/c1-13-11-14(3-4-15(13)20)29(27,28)25-9-7-24(8-10-25)18-19(26)23(2)17-12-21-6-5-16(17)22-18/h3-6,11-12H,7-10H2,1-2H3. The van der Waals surface area contributed by atoms with Crippen LogP contribution in [0.5, 0.6) is 0 Å². The van der Waals surface area contributed by atoms with Crippen molar-refractivity contribution in [2.45, 2.75) is 11.8 Å². The molecular weight excluding hydrogens is 397 g/mol. The third kappa shape index (κ3) is 3.38. The number of hydrogen-bond donors (Lipinski definition) is 0. The summed E-state index contributed by atoms with van der Waals surface area (Å²) >= 11 is 0. The van der Waals surface area contributed by atoms with E-state index in [9.17, 15) is 17.6 Å². The minimum atomic E-state index is -3.73.